The van der Waals surface area contributed by atoms with Crippen LogP contribution in [-0.2, 0) is 28.6 Å². The van der Waals surface area contributed by atoms with Crippen LogP contribution in [0.15, 0.2) is 30.3 Å². The van der Waals surface area contributed by atoms with Crippen LogP contribution in [0.5, 0.6) is 0 Å². The topological polar surface area (TPSA) is 78.9 Å². The van der Waals surface area contributed by atoms with Crippen molar-refractivity contribution >= 4 is 37.3 Å². The predicted molar refractivity (Wildman–Crippen MR) is 93.6 cm³/mol. The van der Waals surface area contributed by atoms with Gasteiger partial charge in [-0.2, -0.15) is 0 Å². The van der Waals surface area contributed by atoms with E-state index in [1.165, 1.54) is 11.4 Å². The Labute approximate surface area is 154 Å². The van der Waals surface area contributed by atoms with Crippen LogP contribution in [0.1, 0.15) is 27.2 Å². The fourth-order valence-corrected chi connectivity index (χ4v) is 4.17. The number of hydrogen-bond donors (Lipinski definition) is 0. The van der Waals surface area contributed by atoms with Gasteiger partial charge < -0.3 is 0 Å². The van der Waals surface area contributed by atoms with Crippen molar-refractivity contribution in [2.45, 2.75) is 38.6 Å². The van der Waals surface area contributed by atoms with Crippen molar-refractivity contribution in [1.82, 2.24) is 0 Å². The molecule has 138 valence electrons. The van der Waals surface area contributed by atoms with Crippen molar-refractivity contribution in [1.29, 1.82) is 0 Å². The second-order valence-electron chi connectivity index (χ2n) is 5.09. The zero-order chi connectivity index (χ0) is 18.7. The molecule has 0 aliphatic carbocycles. The number of esters is 3. The predicted octanol–water partition coefficient (Wildman–Crippen LogP) is 1.50. The number of carbonyl (C=O) groups excluding carboxylic acids is 3. The molecule has 0 aromatic heterocycles. The molecule has 0 saturated heterocycles. The first-order valence-electron chi connectivity index (χ1n) is 8.17. The van der Waals surface area contributed by atoms with Gasteiger partial charge in [0.15, 0.2) is 0 Å². The minimum atomic E-state index is -1.27. The molecule has 0 amide bonds. The van der Waals surface area contributed by atoms with E-state index >= 15 is 0 Å². The van der Waals surface area contributed by atoms with Gasteiger partial charge >= 0.3 is 154 Å². The Morgan fingerprint density at radius 1 is 1.00 bits per heavy atom. The Balaban J connectivity index is 2.84. The van der Waals surface area contributed by atoms with Gasteiger partial charge in [-0.3, -0.25) is 0 Å². The van der Waals surface area contributed by atoms with Crippen molar-refractivity contribution in [3.8, 4) is 0 Å². The summed E-state index contributed by atoms with van der Waals surface area (Å²) < 4.78 is 16.3. The molecule has 0 saturated carbocycles. The van der Waals surface area contributed by atoms with Gasteiger partial charge in [0.05, 0.1) is 0 Å². The van der Waals surface area contributed by atoms with Crippen LogP contribution in [0, 0.1) is 5.92 Å². The van der Waals surface area contributed by atoms with Crippen molar-refractivity contribution in [2.75, 3.05) is 13.2 Å². The summed E-state index contributed by atoms with van der Waals surface area (Å²) in [6, 6.07) is 9.90. The summed E-state index contributed by atoms with van der Waals surface area (Å²) >= 11 is 0.140. The first kappa shape index (κ1) is 21.2. The van der Waals surface area contributed by atoms with Gasteiger partial charge in [0.2, 0.25) is 0 Å². The average Bonchev–Trinajstić information content (AvgIpc) is 2.58. The Morgan fingerprint density at radius 3 is 2.16 bits per heavy atom. The van der Waals surface area contributed by atoms with Gasteiger partial charge in [-0.1, -0.05) is 0 Å². The molecule has 0 spiro atoms. The van der Waals surface area contributed by atoms with E-state index in [1.54, 1.807) is 13.8 Å². The molecule has 0 N–H and O–H groups in total. The number of ether oxygens (including phenoxy) is 3. The van der Waals surface area contributed by atoms with Crippen molar-refractivity contribution < 1.29 is 28.6 Å². The third-order valence-electron chi connectivity index (χ3n) is 3.21. The molecule has 1 aromatic rings. The van der Waals surface area contributed by atoms with E-state index in [0.717, 1.165) is 0 Å². The standard InChI is InChI=1S/C18H24O6Se/c1-4-22-17(20)15(11-12-25-14-9-7-6-8-10-14)16(24-13(3)19)18(21)23-5-2/h6-10,15-16H,4-5,11-12H2,1-3H3/t15-,16+/m0/s1. The molecular formula is C18H24O6Se. The summed E-state index contributed by atoms with van der Waals surface area (Å²) in [6.45, 7) is 4.87. The van der Waals surface area contributed by atoms with E-state index < -0.39 is 29.9 Å². The van der Waals surface area contributed by atoms with Crippen molar-refractivity contribution in [3.63, 3.8) is 0 Å². The van der Waals surface area contributed by atoms with Gasteiger partial charge in [0, 0.05) is 0 Å². The average molecular weight is 415 g/mol. The van der Waals surface area contributed by atoms with Crippen molar-refractivity contribution in [3.05, 3.63) is 30.3 Å². The number of hydrogen-bond acceptors (Lipinski definition) is 6. The molecule has 6 nitrogen and oxygen atoms in total. The zero-order valence-corrected chi connectivity index (χ0v) is 16.4. The molecule has 1 rings (SSSR count). The molecule has 0 radical (unpaired) electrons. The minimum absolute atomic E-state index is 0.139. The molecule has 0 aliphatic rings. The molecule has 2 atom stereocenters. The van der Waals surface area contributed by atoms with Crippen LogP contribution in [0.3, 0.4) is 0 Å². The SMILES string of the molecule is CCOC(=O)[C@@H](CC[Se]c1ccccc1)[C@@H](OC(C)=O)C(=O)OCC. The second-order valence-corrected chi connectivity index (χ2v) is 7.54. The van der Waals surface area contributed by atoms with E-state index in [2.05, 4.69) is 0 Å². The molecule has 0 unspecified atom stereocenters. The van der Waals surface area contributed by atoms with Gasteiger partial charge in [-0.15, -0.1) is 0 Å². The fourth-order valence-electron chi connectivity index (χ4n) is 2.16. The van der Waals surface area contributed by atoms with E-state index in [9.17, 15) is 14.4 Å². The van der Waals surface area contributed by atoms with Gasteiger partial charge in [0.25, 0.3) is 0 Å². The van der Waals surface area contributed by atoms with Crippen LogP contribution >= 0.6 is 0 Å². The van der Waals surface area contributed by atoms with E-state index in [-0.39, 0.29) is 28.2 Å². The molecule has 0 fully saturated rings. The van der Waals surface area contributed by atoms with Crippen LogP contribution in [0.25, 0.3) is 0 Å². The summed E-state index contributed by atoms with van der Waals surface area (Å²) in [5.41, 5.74) is 0. The molecule has 1 aromatic carbocycles. The summed E-state index contributed by atoms with van der Waals surface area (Å²) in [6.07, 6.45) is -0.895. The molecule has 0 aliphatic heterocycles. The van der Waals surface area contributed by atoms with E-state index in [0.29, 0.717) is 11.7 Å². The number of carbonyl (C=O) groups is 3. The summed E-state index contributed by atoms with van der Waals surface area (Å²) in [7, 11) is 0. The Bertz CT molecular complexity index is 560. The van der Waals surface area contributed by atoms with E-state index in [1.807, 2.05) is 30.3 Å². The molecular weight excluding hydrogens is 391 g/mol. The van der Waals surface area contributed by atoms with E-state index in [4.69, 9.17) is 14.2 Å². The Morgan fingerprint density at radius 2 is 1.60 bits per heavy atom. The Hall–Kier alpha value is -1.85. The van der Waals surface area contributed by atoms with Crippen LogP contribution in [-0.4, -0.2) is 52.2 Å². The maximum atomic E-state index is 12.3. The Kier molecular flexibility index (Phi) is 9.88. The molecule has 7 heteroatoms. The van der Waals surface area contributed by atoms with Gasteiger partial charge in [-0.25, -0.2) is 0 Å². The summed E-state index contributed by atoms with van der Waals surface area (Å²) in [5, 5.41) is 0.706. The van der Waals surface area contributed by atoms with Gasteiger partial charge in [-0.05, 0) is 0 Å². The summed E-state index contributed by atoms with van der Waals surface area (Å²) in [4.78, 5) is 35.8. The first-order chi connectivity index (χ1) is 12.0. The van der Waals surface area contributed by atoms with Crippen LogP contribution < -0.4 is 4.46 Å². The molecule has 25 heavy (non-hydrogen) atoms. The second kappa shape index (κ2) is 11.7. The third kappa shape index (κ3) is 7.71. The zero-order valence-electron chi connectivity index (χ0n) is 14.7. The molecule has 0 heterocycles. The quantitative estimate of drug-likeness (QED) is 0.327. The monoisotopic (exact) mass is 416 g/mol. The first-order valence-corrected chi connectivity index (χ1v) is 10.2. The van der Waals surface area contributed by atoms with Crippen LogP contribution in [0.4, 0.5) is 0 Å². The van der Waals surface area contributed by atoms with Gasteiger partial charge in [0.1, 0.15) is 0 Å². The maximum absolute atomic E-state index is 12.3. The third-order valence-corrected chi connectivity index (χ3v) is 5.40. The van der Waals surface area contributed by atoms with Crippen molar-refractivity contribution in [2.24, 2.45) is 5.92 Å². The molecule has 0 bridgehead atoms. The number of benzene rings is 1. The van der Waals surface area contributed by atoms with Crippen LogP contribution in [0.2, 0.25) is 5.32 Å². The fraction of sp³-hybridized carbons (Fsp3) is 0.500. The normalized spacial score (nSPS) is 12.8. The summed E-state index contributed by atoms with van der Waals surface area (Å²) in [5.74, 6) is -2.77. The number of rotatable bonds is 10.